The quantitative estimate of drug-likeness (QED) is 0.348. The van der Waals surface area contributed by atoms with Crippen molar-refractivity contribution in [2.24, 2.45) is 23.5 Å². The Morgan fingerprint density at radius 3 is 2.41 bits per heavy atom. The number of carbonyl (C=O) groups is 3. The molecule has 6 N–H and O–H groups in total. The molecule has 2 aromatic rings. The van der Waals surface area contributed by atoms with Crippen LogP contribution in [0.25, 0.3) is 16.9 Å². The number of Topliss-reactive ketones (excluding diaryl/α,β-unsaturated/α-hetero) is 2. The van der Waals surface area contributed by atoms with Gasteiger partial charge in [0.1, 0.15) is 17.4 Å². The van der Waals surface area contributed by atoms with E-state index in [1.807, 2.05) is 36.4 Å². The van der Waals surface area contributed by atoms with E-state index in [4.69, 9.17) is 5.73 Å². The second-order valence-corrected chi connectivity index (χ2v) is 11.5. The zero-order chi connectivity index (χ0) is 29.4. The lowest BCUT2D eigenvalue weighted by atomic mass is 9.54. The van der Waals surface area contributed by atoms with Gasteiger partial charge < -0.3 is 31.1 Å². The largest absolute Gasteiger partial charge is 0.507 e. The standard InChI is InChI=1S/C31H31N3O7/c1-34(2)25-19-12-16-11-18-17(15-7-9-20(33-13-15)14-5-3-4-6-14)8-10-21(35)23(18)26(36)22(16)28(38)31(19,41)29(39)24(27(25)37)30(32)40/h3-10,13-14,16,19,24-25,27,35-37,41H,11-12H2,1-2H3,(H2,32,40)/t16-,19-,24?,25-,27?,31-/m1/s1. The van der Waals surface area contributed by atoms with E-state index in [0.29, 0.717) is 11.1 Å². The maximum atomic E-state index is 14.0. The van der Waals surface area contributed by atoms with Gasteiger partial charge in [0.15, 0.2) is 11.4 Å². The zero-order valence-electron chi connectivity index (χ0n) is 22.6. The van der Waals surface area contributed by atoms with Gasteiger partial charge in [-0.15, -0.1) is 0 Å². The van der Waals surface area contributed by atoms with E-state index in [0.717, 1.165) is 11.3 Å². The van der Waals surface area contributed by atoms with Crippen molar-refractivity contribution < 1.29 is 34.8 Å². The fraction of sp³-hybridized carbons (Fsp3) is 0.355. The fourth-order valence-electron chi connectivity index (χ4n) is 7.27. The molecular weight excluding hydrogens is 526 g/mol. The number of carbonyl (C=O) groups excluding carboxylic acids is 3. The van der Waals surface area contributed by atoms with Crippen LogP contribution in [0.5, 0.6) is 5.75 Å². The van der Waals surface area contributed by atoms with Gasteiger partial charge in [0.05, 0.1) is 17.4 Å². The summed E-state index contributed by atoms with van der Waals surface area (Å²) in [6, 6.07) is 6.04. The molecule has 0 aliphatic heterocycles. The topological polar surface area (TPSA) is 174 Å². The van der Waals surface area contributed by atoms with Crippen molar-refractivity contribution in [3.05, 3.63) is 77.2 Å². The molecule has 6 atom stereocenters. The van der Waals surface area contributed by atoms with Gasteiger partial charge in [0, 0.05) is 35.2 Å². The zero-order valence-corrected chi connectivity index (χ0v) is 22.6. The molecule has 212 valence electrons. The molecule has 0 spiro atoms. The van der Waals surface area contributed by atoms with Crippen LogP contribution in [0, 0.1) is 17.8 Å². The van der Waals surface area contributed by atoms with Gasteiger partial charge in [-0.1, -0.05) is 36.4 Å². The number of nitrogens with zero attached hydrogens (tertiary/aromatic N) is 2. The number of ketones is 2. The highest BCUT2D eigenvalue weighted by atomic mass is 16.3. The highest BCUT2D eigenvalue weighted by Crippen LogP contribution is 2.53. The summed E-state index contributed by atoms with van der Waals surface area (Å²) in [5.41, 5.74) is 5.56. The molecule has 41 heavy (non-hydrogen) atoms. The molecule has 10 heteroatoms. The molecule has 1 aromatic heterocycles. The first-order chi connectivity index (χ1) is 19.5. The monoisotopic (exact) mass is 557 g/mol. The van der Waals surface area contributed by atoms with Gasteiger partial charge >= 0.3 is 0 Å². The van der Waals surface area contributed by atoms with Crippen LogP contribution in [0.4, 0.5) is 0 Å². The summed E-state index contributed by atoms with van der Waals surface area (Å²) in [6.45, 7) is 0. The third-order valence-corrected chi connectivity index (χ3v) is 9.16. The molecule has 0 bridgehead atoms. The van der Waals surface area contributed by atoms with E-state index in [9.17, 15) is 34.8 Å². The van der Waals surface area contributed by atoms with Gasteiger partial charge in [-0.05, 0) is 56.1 Å². The van der Waals surface area contributed by atoms with Crippen molar-refractivity contribution in [1.29, 1.82) is 0 Å². The Morgan fingerprint density at radius 2 is 1.80 bits per heavy atom. The number of hydrogen-bond donors (Lipinski definition) is 5. The number of benzene rings is 1. The third-order valence-electron chi connectivity index (χ3n) is 9.16. The maximum absolute atomic E-state index is 14.0. The third kappa shape index (κ3) is 3.82. The van der Waals surface area contributed by atoms with Crippen LogP contribution in [0.15, 0.2) is 60.3 Å². The number of pyridine rings is 1. The Balaban J connectivity index is 1.47. The number of allylic oxidation sites excluding steroid dienone is 4. The van der Waals surface area contributed by atoms with Crippen molar-refractivity contribution >= 4 is 23.2 Å². The molecule has 6 rings (SSSR count). The fourth-order valence-corrected chi connectivity index (χ4v) is 7.27. The second-order valence-electron chi connectivity index (χ2n) is 11.5. The van der Waals surface area contributed by atoms with E-state index in [2.05, 4.69) is 4.98 Å². The van der Waals surface area contributed by atoms with E-state index in [-0.39, 0.29) is 35.6 Å². The molecule has 4 aliphatic rings. The molecule has 2 saturated carbocycles. The van der Waals surface area contributed by atoms with E-state index < -0.39 is 58.7 Å². The minimum absolute atomic E-state index is 0.0498. The minimum atomic E-state index is -2.68. The maximum Gasteiger partial charge on any atom is 0.230 e. The predicted octanol–water partition coefficient (Wildman–Crippen LogP) is 1.40. The highest BCUT2D eigenvalue weighted by Gasteiger charge is 2.67. The molecule has 0 radical (unpaired) electrons. The van der Waals surface area contributed by atoms with Gasteiger partial charge in [-0.2, -0.15) is 0 Å². The average molecular weight is 558 g/mol. The van der Waals surface area contributed by atoms with Gasteiger partial charge in [-0.25, -0.2) is 0 Å². The number of aliphatic hydroxyl groups excluding tert-OH is 2. The number of hydrogen-bond acceptors (Lipinski definition) is 9. The van der Waals surface area contributed by atoms with E-state index in [1.54, 1.807) is 31.3 Å². The van der Waals surface area contributed by atoms with Crippen molar-refractivity contribution in [3.63, 3.8) is 0 Å². The number of nitrogens with two attached hydrogens (primary N) is 1. The van der Waals surface area contributed by atoms with Crippen LogP contribution in [-0.4, -0.2) is 79.6 Å². The second kappa shape index (κ2) is 9.47. The SMILES string of the molecule is CN(C)[C@H]1C(O)C(C(N)=O)C(=O)[C@]2(O)C(=O)C3=C(O)c4c(O)ccc(-c5ccc(C6C=CC=C6)nc5)c4C[C@@H]3C[C@H]12. The summed E-state index contributed by atoms with van der Waals surface area (Å²) in [7, 11) is 3.24. The van der Waals surface area contributed by atoms with Crippen LogP contribution in [0.3, 0.4) is 0 Å². The Morgan fingerprint density at radius 1 is 1.10 bits per heavy atom. The molecule has 0 saturated heterocycles. The summed E-state index contributed by atoms with van der Waals surface area (Å²) < 4.78 is 0. The Kier molecular flexibility index (Phi) is 6.25. The van der Waals surface area contributed by atoms with Gasteiger partial charge in [0.2, 0.25) is 11.7 Å². The number of phenols is 1. The number of likely N-dealkylation sites (N-methyl/N-ethyl adjacent to an activating group) is 1. The van der Waals surface area contributed by atoms with Gasteiger partial charge in [0.25, 0.3) is 0 Å². The summed E-state index contributed by atoms with van der Waals surface area (Å²) in [4.78, 5) is 45.8. The number of fused-ring (bicyclic) bond motifs is 3. The minimum Gasteiger partial charge on any atom is -0.507 e. The predicted molar refractivity (Wildman–Crippen MR) is 148 cm³/mol. The summed E-state index contributed by atoms with van der Waals surface area (Å²) in [5, 5.41) is 45.0. The number of amides is 1. The lowest BCUT2D eigenvalue weighted by Crippen LogP contribution is -2.73. The average Bonchev–Trinajstić information content (AvgIpc) is 3.46. The highest BCUT2D eigenvalue weighted by molar-refractivity contribution is 6.25. The van der Waals surface area contributed by atoms with Crippen LogP contribution >= 0.6 is 0 Å². The molecule has 2 fully saturated rings. The van der Waals surface area contributed by atoms with E-state index >= 15 is 0 Å². The molecule has 1 aromatic carbocycles. The van der Waals surface area contributed by atoms with Crippen molar-refractivity contribution in [3.8, 4) is 16.9 Å². The first-order valence-electron chi connectivity index (χ1n) is 13.5. The summed E-state index contributed by atoms with van der Waals surface area (Å²) in [5.74, 6) is -7.54. The first-order valence-corrected chi connectivity index (χ1v) is 13.5. The first kappa shape index (κ1) is 27.1. The normalized spacial score (nSPS) is 30.9. The molecule has 10 nitrogen and oxygen atoms in total. The smallest absolute Gasteiger partial charge is 0.230 e. The molecule has 1 amide bonds. The lowest BCUT2D eigenvalue weighted by molar-refractivity contribution is -0.184. The van der Waals surface area contributed by atoms with Crippen molar-refractivity contribution in [2.45, 2.75) is 36.5 Å². The molecule has 1 heterocycles. The van der Waals surface area contributed by atoms with Crippen molar-refractivity contribution in [1.82, 2.24) is 9.88 Å². The number of phenolic OH excluding ortho intramolecular Hbond substituents is 1. The molecule has 2 unspecified atom stereocenters. The van der Waals surface area contributed by atoms with Crippen LogP contribution in [-0.2, 0) is 20.8 Å². The van der Waals surface area contributed by atoms with E-state index in [1.165, 1.54) is 6.07 Å². The Hall–Kier alpha value is -4.12. The number of aromatic hydroxyl groups is 1. The van der Waals surface area contributed by atoms with Crippen LogP contribution in [0.2, 0.25) is 0 Å². The summed E-state index contributed by atoms with van der Waals surface area (Å²) in [6.07, 6.45) is 8.47. The summed E-state index contributed by atoms with van der Waals surface area (Å²) >= 11 is 0. The number of aliphatic hydroxyl groups is 3. The number of aromatic nitrogens is 1. The number of rotatable bonds is 4. The van der Waals surface area contributed by atoms with Crippen LogP contribution < -0.4 is 5.73 Å². The number of primary amides is 1. The molecular formula is C31H31N3O7. The Labute approximate surface area is 236 Å². The van der Waals surface area contributed by atoms with Gasteiger partial charge in [-0.3, -0.25) is 19.4 Å². The lowest BCUT2D eigenvalue weighted by Gasteiger charge is -2.53. The molecule has 4 aliphatic carbocycles. The van der Waals surface area contributed by atoms with Crippen LogP contribution in [0.1, 0.15) is 29.2 Å². The Bertz CT molecular complexity index is 1560. The van der Waals surface area contributed by atoms with Crippen molar-refractivity contribution in [2.75, 3.05) is 14.1 Å².